The highest BCUT2D eigenvalue weighted by atomic mass is 35.5. The largest absolute Gasteiger partial charge is 0.313 e. The first-order valence-corrected chi connectivity index (χ1v) is 4.77. The summed E-state index contributed by atoms with van der Waals surface area (Å²) in [4.78, 5) is 2.66. The van der Waals surface area contributed by atoms with Gasteiger partial charge in [0.1, 0.15) is 0 Å². The van der Waals surface area contributed by atoms with E-state index in [1.807, 2.05) is 0 Å². The lowest BCUT2D eigenvalue weighted by Crippen LogP contribution is -2.67. The van der Waals surface area contributed by atoms with Crippen molar-refractivity contribution in [1.82, 2.24) is 10.2 Å². The van der Waals surface area contributed by atoms with Crippen molar-refractivity contribution in [2.75, 3.05) is 26.2 Å². The molecule has 2 rings (SSSR count). The molecule has 2 saturated heterocycles. The van der Waals surface area contributed by atoms with Crippen LogP contribution in [0.25, 0.3) is 0 Å². The van der Waals surface area contributed by atoms with Gasteiger partial charge >= 0.3 is 0 Å². The van der Waals surface area contributed by atoms with E-state index in [4.69, 9.17) is 0 Å². The Balaban J connectivity index is 0.000000720. The van der Waals surface area contributed by atoms with Gasteiger partial charge in [0, 0.05) is 18.6 Å². The zero-order valence-electron chi connectivity index (χ0n) is 8.21. The first kappa shape index (κ1) is 13.5. The van der Waals surface area contributed by atoms with E-state index in [2.05, 4.69) is 17.1 Å². The lowest BCUT2D eigenvalue weighted by Gasteiger charge is -2.49. The lowest BCUT2D eigenvalue weighted by atomic mass is 9.90. The van der Waals surface area contributed by atoms with Crippen molar-refractivity contribution < 1.29 is 0 Å². The molecule has 1 N–H and O–H groups in total. The van der Waals surface area contributed by atoms with Gasteiger partial charge < -0.3 is 5.32 Å². The number of halogens is 2. The number of rotatable bonds is 1. The molecule has 0 saturated carbocycles. The van der Waals surface area contributed by atoms with E-state index in [1.165, 1.54) is 45.4 Å². The molecule has 80 valence electrons. The van der Waals surface area contributed by atoms with Crippen LogP contribution in [0.4, 0.5) is 0 Å². The molecule has 0 radical (unpaired) electrons. The minimum absolute atomic E-state index is 0. The molecule has 13 heavy (non-hydrogen) atoms. The molecular formula is C9H20Cl2N2. The number of hydrogen-bond acceptors (Lipinski definition) is 2. The quantitative estimate of drug-likeness (QED) is 0.733. The molecule has 0 aromatic carbocycles. The maximum atomic E-state index is 3.36. The number of piperidine rings is 1. The minimum Gasteiger partial charge on any atom is -0.313 e. The average Bonchev–Trinajstić information content (AvgIpc) is 2.02. The Morgan fingerprint density at radius 3 is 1.92 bits per heavy atom. The summed E-state index contributed by atoms with van der Waals surface area (Å²) in [5, 5.41) is 3.36. The van der Waals surface area contributed by atoms with E-state index in [0.717, 1.165) is 0 Å². The fourth-order valence-electron chi connectivity index (χ4n) is 2.14. The SMILES string of the molecule is CC1(N2CCCCC2)CNC1.Cl.Cl. The van der Waals surface area contributed by atoms with Gasteiger partial charge in [0.05, 0.1) is 0 Å². The molecule has 4 heteroatoms. The van der Waals surface area contributed by atoms with Crippen LogP contribution in [-0.4, -0.2) is 36.6 Å². The molecule has 0 atom stereocenters. The van der Waals surface area contributed by atoms with Crippen molar-refractivity contribution in [3.63, 3.8) is 0 Å². The third kappa shape index (κ3) is 2.72. The summed E-state index contributed by atoms with van der Waals surface area (Å²) in [6, 6.07) is 0. The summed E-state index contributed by atoms with van der Waals surface area (Å²) in [5.41, 5.74) is 0.514. The first-order valence-electron chi connectivity index (χ1n) is 4.77. The van der Waals surface area contributed by atoms with Crippen molar-refractivity contribution in [3.05, 3.63) is 0 Å². The summed E-state index contributed by atoms with van der Waals surface area (Å²) in [6.45, 7) is 7.45. The monoisotopic (exact) mass is 226 g/mol. The Labute approximate surface area is 93.3 Å². The van der Waals surface area contributed by atoms with Crippen molar-refractivity contribution in [1.29, 1.82) is 0 Å². The van der Waals surface area contributed by atoms with E-state index < -0.39 is 0 Å². The second-order valence-electron chi connectivity index (χ2n) is 4.15. The summed E-state index contributed by atoms with van der Waals surface area (Å²) in [6.07, 6.45) is 4.27. The molecule has 2 fully saturated rings. The molecule has 0 amide bonds. The van der Waals surface area contributed by atoms with E-state index in [-0.39, 0.29) is 24.8 Å². The lowest BCUT2D eigenvalue weighted by molar-refractivity contribution is 0.0373. The Hall–Kier alpha value is 0.500. The summed E-state index contributed by atoms with van der Waals surface area (Å²) in [5.74, 6) is 0. The van der Waals surface area contributed by atoms with Crippen molar-refractivity contribution in [3.8, 4) is 0 Å². The Morgan fingerprint density at radius 1 is 1.00 bits per heavy atom. The highest BCUT2D eigenvalue weighted by Crippen LogP contribution is 2.23. The summed E-state index contributed by atoms with van der Waals surface area (Å²) >= 11 is 0. The second kappa shape index (κ2) is 5.40. The van der Waals surface area contributed by atoms with Gasteiger partial charge in [-0.1, -0.05) is 6.42 Å². The topological polar surface area (TPSA) is 15.3 Å². The number of nitrogens with one attached hydrogen (secondary N) is 1. The maximum Gasteiger partial charge on any atom is 0.0429 e. The highest BCUT2D eigenvalue weighted by Gasteiger charge is 2.37. The zero-order chi connectivity index (χ0) is 7.73. The predicted molar refractivity (Wildman–Crippen MR) is 61.2 cm³/mol. The molecule has 2 heterocycles. The summed E-state index contributed by atoms with van der Waals surface area (Å²) in [7, 11) is 0. The predicted octanol–water partition coefficient (Wildman–Crippen LogP) is 1.68. The molecule has 0 spiro atoms. The molecule has 2 nitrogen and oxygen atoms in total. The molecule has 0 aliphatic carbocycles. The van der Waals surface area contributed by atoms with Gasteiger partial charge in [0.25, 0.3) is 0 Å². The van der Waals surface area contributed by atoms with Crippen LogP contribution in [0.2, 0.25) is 0 Å². The van der Waals surface area contributed by atoms with E-state index in [1.54, 1.807) is 0 Å². The van der Waals surface area contributed by atoms with Crippen LogP contribution in [0.3, 0.4) is 0 Å². The van der Waals surface area contributed by atoms with Gasteiger partial charge in [0.2, 0.25) is 0 Å². The molecule has 0 aromatic heterocycles. The molecule has 2 aliphatic rings. The van der Waals surface area contributed by atoms with Crippen molar-refractivity contribution >= 4 is 24.8 Å². The fraction of sp³-hybridized carbons (Fsp3) is 1.00. The minimum atomic E-state index is 0. The molecule has 0 aromatic rings. The van der Waals surface area contributed by atoms with Crippen molar-refractivity contribution in [2.24, 2.45) is 0 Å². The van der Waals surface area contributed by atoms with Crippen LogP contribution in [-0.2, 0) is 0 Å². The van der Waals surface area contributed by atoms with Gasteiger partial charge in [-0.25, -0.2) is 0 Å². The van der Waals surface area contributed by atoms with Gasteiger partial charge in [-0.3, -0.25) is 4.90 Å². The van der Waals surface area contributed by atoms with Crippen LogP contribution in [0, 0.1) is 0 Å². The normalized spacial score (nSPS) is 26.5. The fourth-order valence-corrected chi connectivity index (χ4v) is 2.14. The summed E-state index contributed by atoms with van der Waals surface area (Å²) < 4.78 is 0. The van der Waals surface area contributed by atoms with E-state index >= 15 is 0 Å². The zero-order valence-corrected chi connectivity index (χ0v) is 9.85. The van der Waals surface area contributed by atoms with Crippen LogP contribution in [0.1, 0.15) is 26.2 Å². The average molecular weight is 227 g/mol. The molecular weight excluding hydrogens is 207 g/mol. The molecule has 0 bridgehead atoms. The molecule has 0 unspecified atom stereocenters. The Morgan fingerprint density at radius 2 is 1.54 bits per heavy atom. The van der Waals surface area contributed by atoms with Gasteiger partial charge in [-0.05, 0) is 32.9 Å². The van der Waals surface area contributed by atoms with Crippen LogP contribution in [0.5, 0.6) is 0 Å². The van der Waals surface area contributed by atoms with Gasteiger partial charge in [-0.15, -0.1) is 24.8 Å². The highest BCUT2D eigenvalue weighted by molar-refractivity contribution is 5.85. The smallest absolute Gasteiger partial charge is 0.0429 e. The van der Waals surface area contributed by atoms with E-state index in [0.29, 0.717) is 5.54 Å². The number of nitrogens with zero attached hydrogens (tertiary/aromatic N) is 1. The standard InChI is InChI=1S/C9H18N2.2ClH/c1-9(7-10-8-9)11-5-3-2-4-6-11;;/h10H,2-8H2,1H3;2*1H. The number of hydrogen-bond donors (Lipinski definition) is 1. The Kier molecular flexibility index (Phi) is 5.61. The van der Waals surface area contributed by atoms with E-state index in [9.17, 15) is 0 Å². The third-order valence-electron chi connectivity index (χ3n) is 3.13. The second-order valence-corrected chi connectivity index (χ2v) is 4.15. The van der Waals surface area contributed by atoms with Crippen LogP contribution in [0.15, 0.2) is 0 Å². The molecule has 2 aliphatic heterocycles. The van der Waals surface area contributed by atoms with Gasteiger partial charge in [0.15, 0.2) is 0 Å². The first-order chi connectivity index (χ1) is 5.31. The Bertz CT molecular complexity index is 143. The number of likely N-dealkylation sites (tertiary alicyclic amines) is 1. The maximum absolute atomic E-state index is 3.36. The van der Waals surface area contributed by atoms with Crippen molar-refractivity contribution in [2.45, 2.75) is 31.7 Å². The van der Waals surface area contributed by atoms with Crippen LogP contribution < -0.4 is 5.32 Å². The third-order valence-corrected chi connectivity index (χ3v) is 3.13. The van der Waals surface area contributed by atoms with Gasteiger partial charge in [-0.2, -0.15) is 0 Å². The van der Waals surface area contributed by atoms with Crippen LogP contribution >= 0.6 is 24.8 Å².